The number of fused-ring (bicyclic) bond motifs is 1. The zero-order valence-electron chi connectivity index (χ0n) is 14.1. The van der Waals surface area contributed by atoms with E-state index in [1.54, 1.807) is 4.57 Å². The van der Waals surface area contributed by atoms with Crippen molar-refractivity contribution >= 4 is 16.9 Å². The van der Waals surface area contributed by atoms with E-state index in [2.05, 4.69) is 29.0 Å². The average Bonchev–Trinajstić information content (AvgIpc) is 2.90. The molecule has 0 spiro atoms. The van der Waals surface area contributed by atoms with E-state index in [1.165, 1.54) is 0 Å². The van der Waals surface area contributed by atoms with Gasteiger partial charge >= 0.3 is 5.69 Å². The second kappa shape index (κ2) is 7.19. The van der Waals surface area contributed by atoms with Gasteiger partial charge in [-0.3, -0.25) is 14.3 Å². The lowest BCUT2D eigenvalue weighted by molar-refractivity contribution is -0.139. The van der Waals surface area contributed by atoms with Crippen LogP contribution in [0.2, 0.25) is 0 Å². The number of H-pyrrole nitrogens is 1. The number of nitrogens with zero attached hydrogens (tertiary/aromatic N) is 2. The van der Waals surface area contributed by atoms with E-state index < -0.39 is 6.10 Å². The monoisotopic (exact) mass is 332 g/mol. The predicted molar refractivity (Wildman–Crippen MR) is 92.0 cm³/mol. The van der Waals surface area contributed by atoms with Gasteiger partial charge in [0.25, 0.3) is 5.91 Å². The van der Waals surface area contributed by atoms with Gasteiger partial charge in [0.05, 0.1) is 17.6 Å². The van der Waals surface area contributed by atoms with Crippen LogP contribution in [0.3, 0.4) is 0 Å². The zero-order valence-corrected chi connectivity index (χ0v) is 14.1. The number of ether oxygens (including phenoxy) is 1. The standard InChI is InChI=1S/C17H24N4O3/c1-12(2)20-9-10-24-15(11-20)16(22)18-7-8-21-14-6-4-3-5-13(14)19-17(21)23/h3-6,12,15H,7-11H2,1-2H3,(H,18,22)(H,19,23)/t15-/m0/s1. The summed E-state index contributed by atoms with van der Waals surface area (Å²) in [6, 6.07) is 7.92. The van der Waals surface area contributed by atoms with E-state index in [0.29, 0.717) is 32.3 Å². The predicted octanol–water partition coefficient (Wildman–Crippen LogP) is 0.555. The van der Waals surface area contributed by atoms with Crippen molar-refractivity contribution in [2.45, 2.75) is 32.5 Å². The molecule has 3 rings (SSSR count). The van der Waals surface area contributed by atoms with Gasteiger partial charge in [0.15, 0.2) is 0 Å². The molecule has 24 heavy (non-hydrogen) atoms. The minimum absolute atomic E-state index is 0.117. The lowest BCUT2D eigenvalue weighted by atomic mass is 10.2. The minimum Gasteiger partial charge on any atom is -0.366 e. The van der Waals surface area contributed by atoms with Gasteiger partial charge in [0.1, 0.15) is 6.10 Å². The highest BCUT2D eigenvalue weighted by Crippen LogP contribution is 2.10. The number of morpholine rings is 1. The number of hydrogen-bond donors (Lipinski definition) is 2. The molecule has 0 saturated carbocycles. The van der Waals surface area contributed by atoms with Gasteiger partial charge in [-0.2, -0.15) is 0 Å². The summed E-state index contributed by atoms with van der Waals surface area (Å²) in [7, 11) is 0. The molecule has 7 heteroatoms. The fourth-order valence-corrected chi connectivity index (χ4v) is 3.03. The van der Waals surface area contributed by atoms with Crippen LogP contribution in [0.5, 0.6) is 0 Å². The topological polar surface area (TPSA) is 79.4 Å². The number of nitrogens with one attached hydrogen (secondary N) is 2. The van der Waals surface area contributed by atoms with E-state index in [-0.39, 0.29) is 11.6 Å². The molecule has 1 amide bonds. The molecule has 0 bridgehead atoms. The highest BCUT2D eigenvalue weighted by Gasteiger charge is 2.27. The third kappa shape index (κ3) is 3.52. The summed E-state index contributed by atoms with van der Waals surface area (Å²) in [5, 5.41) is 2.88. The first-order chi connectivity index (χ1) is 11.6. The van der Waals surface area contributed by atoms with Crippen LogP contribution in [-0.2, 0) is 16.1 Å². The summed E-state index contributed by atoms with van der Waals surface area (Å²) < 4.78 is 7.21. The molecule has 1 aromatic heterocycles. The van der Waals surface area contributed by atoms with Crippen LogP contribution in [-0.4, -0.2) is 58.7 Å². The maximum absolute atomic E-state index is 12.3. The lowest BCUT2D eigenvalue weighted by Gasteiger charge is -2.34. The molecule has 1 aromatic carbocycles. The minimum atomic E-state index is -0.444. The maximum Gasteiger partial charge on any atom is 0.326 e. The number of hydrogen-bond acceptors (Lipinski definition) is 4. The molecular formula is C17H24N4O3. The summed E-state index contributed by atoms with van der Waals surface area (Å²) in [6.07, 6.45) is -0.444. The Hall–Kier alpha value is -2.12. The number of para-hydroxylation sites is 2. The van der Waals surface area contributed by atoms with E-state index in [4.69, 9.17) is 4.74 Å². The van der Waals surface area contributed by atoms with Gasteiger partial charge in [0.2, 0.25) is 0 Å². The van der Waals surface area contributed by atoms with Crippen molar-refractivity contribution < 1.29 is 9.53 Å². The second-order valence-electron chi connectivity index (χ2n) is 6.34. The Bertz CT molecular complexity index is 765. The molecular weight excluding hydrogens is 308 g/mol. The molecule has 1 aliphatic rings. The van der Waals surface area contributed by atoms with Crippen molar-refractivity contribution in [3.63, 3.8) is 0 Å². The summed E-state index contributed by atoms with van der Waals surface area (Å²) in [4.78, 5) is 29.3. The Morgan fingerprint density at radius 1 is 1.42 bits per heavy atom. The number of rotatable bonds is 5. The van der Waals surface area contributed by atoms with E-state index in [0.717, 1.165) is 17.6 Å². The fourth-order valence-electron chi connectivity index (χ4n) is 3.03. The summed E-state index contributed by atoms with van der Waals surface area (Å²) >= 11 is 0. The average molecular weight is 332 g/mol. The first kappa shape index (κ1) is 16.7. The SMILES string of the molecule is CC(C)N1CCO[C@H](C(=O)NCCn2c(=O)[nH]c3ccccc32)C1. The van der Waals surface area contributed by atoms with Crippen LogP contribution in [0, 0.1) is 0 Å². The molecule has 130 valence electrons. The van der Waals surface area contributed by atoms with Gasteiger partial charge < -0.3 is 15.0 Å². The van der Waals surface area contributed by atoms with Crippen molar-refractivity contribution in [2.24, 2.45) is 0 Å². The van der Waals surface area contributed by atoms with Gasteiger partial charge in [-0.1, -0.05) is 12.1 Å². The Balaban J connectivity index is 1.57. The van der Waals surface area contributed by atoms with Crippen molar-refractivity contribution in [1.82, 2.24) is 19.8 Å². The number of benzene rings is 1. The van der Waals surface area contributed by atoms with Crippen LogP contribution >= 0.6 is 0 Å². The summed E-state index contributed by atoms with van der Waals surface area (Å²) in [6.45, 7) is 7.08. The number of imidazole rings is 1. The second-order valence-corrected chi connectivity index (χ2v) is 6.34. The molecule has 7 nitrogen and oxygen atoms in total. The highest BCUT2D eigenvalue weighted by atomic mass is 16.5. The van der Waals surface area contributed by atoms with Crippen molar-refractivity contribution in [3.8, 4) is 0 Å². The molecule has 0 radical (unpaired) electrons. The lowest BCUT2D eigenvalue weighted by Crippen LogP contribution is -2.52. The molecule has 1 fully saturated rings. The van der Waals surface area contributed by atoms with Gasteiger partial charge in [0, 0.05) is 32.2 Å². The highest BCUT2D eigenvalue weighted by molar-refractivity contribution is 5.81. The van der Waals surface area contributed by atoms with E-state index in [1.807, 2.05) is 24.3 Å². The Labute approximate surface area is 140 Å². The smallest absolute Gasteiger partial charge is 0.326 e. The molecule has 1 atom stereocenters. The number of aromatic amines is 1. The Morgan fingerprint density at radius 2 is 2.21 bits per heavy atom. The fraction of sp³-hybridized carbons (Fsp3) is 0.529. The van der Waals surface area contributed by atoms with Crippen LogP contribution in [0.15, 0.2) is 29.1 Å². The van der Waals surface area contributed by atoms with Gasteiger partial charge in [-0.05, 0) is 26.0 Å². The zero-order chi connectivity index (χ0) is 17.1. The van der Waals surface area contributed by atoms with Gasteiger partial charge in [-0.25, -0.2) is 4.79 Å². The quantitative estimate of drug-likeness (QED) is 0.838. The Kier molecular flexibility index (Phi) is 5.01. The van der Waals surface area contributed by atoms with Crippen molar-refractivity contribution in [1.29, 1.82) is 0 Å². The number of carbonyl (C=O) groups excluding carboxylic acids is 1. The molecule has 2 aromatic rings. The number of aromatic nitrogens is 2. The maximum atomic E-state index is 12.3. The van der Waals surface area contributed by atoms with Gasteiger partial charge in [-0.15, -0.1) is 0 Å². The van der Waals surface area contributed by atoms with E-state index >= 15 is 0 Å². The first-order valence-corrected chi connectivity index (χ1v) is 8.37. The van der Waals surface area contributed by atoms with Crippen LogP contribution < -0.4 is 11.0 Å². The molecule has 0 aliphatic carbocycles. The van der Waals surface area contributed by atoms with Crippen LogP contribution in [0.25, 0.3) is 11.0 Å². The summed E-state index contributed by atoms with van der Waals surface area (Å²) in [5.74, 6) is -0.117. The number of amides is 1. The van der Waals surface area contributed by atoms with Crippen LogP contribution in [0.1, 0.15) is 13.8 Å². The normalized spacial score (nSPS) is 19.0. The third-order valence-corrected chi connectivity index (χ3v) is 4.44. The molecule has 2 N–H and O–H groups in total. The van der Waals surface area contributed by atoms with E-state index in [9.17, 15) is 9.59 Å². The molecule has 2 heterocycles. The van der Waals surface area contributed by atoms with Crippen molar-refractivity contribution in [2.75, 3.05) is 26.2 Å². The number of carbonyl (C=O) groups is 1. The summed E-state index contributed by atoms with van der Waals surface area (Å²) in [5.41, 5.74) is 1.49. The van der Waals surface area contributed by atoms with Crippen molar-refractivity contribution in [3.05, 3.63) is 34.7 Å². The molecule has 1 saturated heterocycles. The molecule has 0 unspecified atom stereocenters. The largest absolute Gasteiger partial charge is 0.366 e. The Morgan fingerprint density at radius 3 is 3.00 bits per heavy atom. The third-order valence-electron chi connectivity index (χ3n) is 4.44. The first-order valence-electron chi connectivity index (χ1n) is 8.37. The van der Waals surface area contributed by atoms with Crippen LogP contribution in [0.4, 0.5) is 0 Å². The molecule has 1 aliphatic heterocycles.